The van der Waals surface area contributed by atoms with E-state index in [1.165, 1.54) is 15.6 Å². The minimum atomic E-state index is -3.61. The number of nitrogens with zero attached hydrogens (tertiary/aromatic N) is 3. The molecule has 0 aliphatic carbocycles. The number of rotatable bonds is 6. The highest BCUT2D eigenvalue weighted by Crippen LogP contribution is 2.34. The topological polar surface area (TPSA) is 102 Å². The molecule has 1 aromatic heterocycles. The SMILES string of the molecule is O=C1COc2ccc(-c3csc(=Nc4ccc(S(=O)(=O)N5CCOCC5)cc4)n3Cc3ccc(Cl)cc3Cl)cc2N1. The lowest BCUT2D eigenvalue weighted by Crippen LogP contribution is -2.40. The second-order valence-corrected chi connectivity index (χ2v) is 13.0. The van der Waals surface area contributed by atoms with Crippen LogP contribution in [0.3, 0.4) is 0 Å². The fraction of sp³-hybridized carbons (Fsp3) is 0.214. The highest BCUT2D eigenvalue weighted by Gasteiger charge is 2.26. The lowest BCUT2D eigenvalue weighted by Gasteiger charge is -2.26. The van der Waals surface area contributed by atoms with Gasteiger partial charge in [-0.1, -0.05) is 29.3 Å². The summed E-state index contributed by atoms with van der Waals surface area (Å²) in [5, 5.41) is 5.90. The van der Waals surface area contributed by atoms with Crippen molar-refractivity contribution >= 4 is 61.8 Å². The molecule has 1 N–H and O–H groups in total. The molecular formula is C28H24Cl2N4O5S2. The molecule has 3 aromatic carbocycles. The summed E-state index contributed by atoms with van der Waals surface area (Å²) >= 11 is 14.1. The Morgan fingerprint density at radius 1 is 1.00 bits per heavy atom. The highest BCUT2D eigenvalue weighted by atomic mass is 35.5. The van der Waals surface area contributed by atoms with Crippen LogP contribution in [-0.4, -0.2) is 56.1 Å². The van der Waals surface area contributed by atoms with Crippen LogP contribution in [0.5, 0.6) is 5.75 Å². The standard InChI is InChI=1S/C28H24Cl2N4O5S2/c29-20-3-1-19(23(30)14-20)15-34-25(18-2-8-26-24(13-18)32-27(35)16-39-26)17-40-28(34)31-21-4-6-22(7-5-21)41(36,37)33-9-11-38-12-10-33/h1-8,13-14,17H,9-12,15-16H2,(H,32,35). The van der Waals surface area contributed by atoms with Crippen LogP contribution in [0.15, 0.2) is 75.9 Å². The molecule has 6 rings (SSSR count). The minimum absolute atomic E-state index is 0.0184. The predicted octanol–water partition coefficient (Wildman–Crippen LogP) is 5.16. The van der Waals surface area contributed by atoms with E-state index in [4.69, 9.17) is 37.7 Å². The van der Waals surface area contributed by atoms with Crippen molar-refractivity contribution in [3.8, 4) is 17.0 Å². The smallest absolute Gasteiger partial charge is 0.262 e. The van der Waals surface area contributed by atoms with Gasteiger partial charge in [-0.2, -0.15) is 4.31 Å². The van der Waals surface area contributed by atoms with Gasteiger partial charge in [0.05, 0.1) is 41.7 Å². The number of morpholine rings is 1. The van der Waals surface area contributed by atoms with Crippen LogP contribution < -0.4 is 14.9 Å². The van der Waals surface area contributed by atoms with E-state index in [-0.39, 0.29) is 17.4 Å². The van der Waals surface area contributed by atoms with Gasteiger partial charge in [0.25, 0.3) is 5.91 Å². The summed E-state index contributed by atoms with van der Waals surface area (Å²) < 4.78 is 40.3. The summed E-state index contributed by atoms with van der Waals surface area (Å²) in [5.41, 5.74) is 3.75. The molecule has 2 aliphatic rings. The van der Waals surface area contributed by atoms with E-state index in [2.05, 4.69) is 5.32 Å². The summed E-state index contributed by atoms with van der Waals surface area (Å²) in [6.45, 7) is 1.81. The van der Waals surface area contributed by atoms with Crippen molar-refractivity contribution in [1.82, 2.24) is 8.87 Å². The van der Waals surface area contributed by atoms with Gasteiger partial charge in [-0.15, -0.1) is 11.3 Å². The Hall–Kier alpha value is -3.19. The maximum Gasteiger partial charge on any atom is 0.262 e. The predicted molar refractivity (Wildman–Crippen MR) is 159 cm³/mol. The third-order valence-corrected chi connectivity index (χ3v) is 10.1. The zero-order chi connectivity index (χ0) is 28.6. The van der Waals surface area contributed by atoms with E-state index in [0.29, 0.717) is 64.8 Å². The molecule has 3 heterocycles. The summed E-state index contributed by atoms with van der Waals surface area (Å²) in [4.78, 5) is 17.6. The summed E-state index contributed by atoms with van der Waals surface area (Å²) in [7, 11) is -3.61. The average Bonchev–Trinajstić information content (AvgIpc) is 3.36. The number of ether oxygens (including phenoxy) is 2. The number of aromatic nitrogens is 1. The summed E-state index contributed by atoms with van der Waals surface area (Å²) in [6.07, 6.45) is 0. The molecule has 13 heteroatoms. The Kier molecular flexibility index (Phi) is 7.90. The normalized spacial score (nSPS) is 16.2. The van der Waals surface area contributed by atoms with E-state index in [1.807, 2.05) is 34.2 Å². The summed E-state index contributed by atoms with van der Waals surface area (Å²) in [5.74, 6) is 0.392. The molecule has 2 aliphatic heterocycles. The van der Waals surface area contributed by atoms with Gasteiger partial charge in [-0.3, -0.25) is 4.79 Å². The second kappa shape index (κ2) is 11.6. The van der Waals surface area contributed by atoms with Crippen LogP contribution in [0.25, 0.3) is 11.3 Å². The monoisotopic (exact) mass is 630 g/mol. The Bertz CT molecular complexity index is 1800. The third kappa shape index (κ3) is 5.92. The number of anilines is 1. The van der Waals surface area contributed by atoms with E-state index in [1.54, 1.807) is 36.4 Å². The lowest BCUT2D eigenvalue weighted by atomic mass is 10.1. The number of carbonyl (C=O) groups excluding carboxylic acids is 1. The lowest BCUT2D eigenvalue weighted by molar-refractivity contribution is -0.118. The van der Waals surface area contributed by atoms with Gasteiger partial charge in [0.1, 0.15) is 5.75 Å². The van der Waals surface area contributed by atoms with Crippen LogP contribution in [-0.2, 0) is 26.1 Å². The van der Waals surface area contributed by atoms with Gasteiger partial charge in [-0.25, -0.2) is 13.4 Å². The molecule has 41 heavy (non-hydrogen) atoms. The van der Waals surface area contributed by atoms with Crippen molar-refractivity contribution in [1.29, 1.82) is 0 Å². The van der Waals surface area contributed by atoms with Gasteiger partial charge in [0.2, 0.25) is 10.0 Å². The van der Waals surface area contributed by atoms with Crippen LogP contribution in [0.2, 0.25) is 10.0 Å². The number of fused-ring (bicyclic) bond motifs is 1. The molecule has 0 atom stereocenters. The maximum atomic E-state index is 13.0. The molecule has 212 valence electrons. The molecule has 0 bridgehead atoms. The Morgan fingerprint density at radius 2 is 1.78 bits per heavy atom. The number of hydrogen-bond acceptors (Lipinski definition) is 7. The number of thiazole rings is 1. The van der Waals surface area contributed by atoms with Gasteiger partial charge >= 0.3 is 0 Å². The number of sulfonamides is 1. The van der Waals surface area contributed by atoms with Crippen molar-refractivity contribution in [2.24, 2.45) is 4.99 Å². The molecule has 1 fully saturated rings. The quantitative estimate of drug-likeness (QED) is 0.317. The highest BCUT2D eigenvalue weighted by molar-refractivity contribution is 7.89. The zero-order valence-electron chi connectivity index (χ0n) is 21.5. The molecule has 4 aromatic rings. The summed E-state index contributed by atoms with van der Waals surface area (Å²) in [6, 6.07) is 17.5. The average molecular weight is 632 g/mol. The first-order valence-electron chi connectivity index (χ1n) is 12.7. The molecule has 1 saturated heterocycles. The number of benzene rings is 3. The van der Waals surface area contributed by atoms with Crippen molar-refractivity contribution in [2.75, 3.05) is 38.2 Å². The van der Waals surface area contributed by atoms with Crippen LogP contribution in [0.4, 0.5) is 11.4 Å². The molecule has 1 amide bonds. The van der Waals surface area contributed by atoms with Gasteiger partial charge in [0.15, 0.2) is 11.4 Å². The first kappa shape index (κ1) is 28.0. The Balaban J connectivity index is 1.39. The van der Waals surface area contributed by atoms with Crippen molar-refractivity contribution in [3.63, 3.8) is 0 Å². The maximum absolute atomic E-state index is 13.0. The largest absolute Gasteiger partial charge is 0.482 e. The molecule has 0 unspecified atom stereocenters. The van der Waals surface area contributed by atoms with E-state index >= 15 is 0 Å². The Labute approximate surface area is 250 Å². The fourth-order valence-electron chi connectivity index (χ4n) is 4.60. The first-order valence-corrected chi connectivity index (χ1v) is 15.8. The number of halogens is 2. The molecule has 9 nitrogen and oxygen atoms in total. The van der Waals surface area contributed by atoms with Crippen molar-refractivity contribution in [2.45, 2.75) is 11.4 Å². The van der Waals surface area contributed by atoms with Crippen LogP contribution >= 0.6 is 34.5 Å². The van der Waals surface area contributed by atoms with Gasteiger partial charge in [0, 0.05) is 34.1 Å². The molecule has 0 spiro atoms. The second-order valence-electron chi connectivity index (χ2n) is 9.40. The molecular weight excluding hydrogens is 607 g/mol. The third-order valence-electron chi connectivity index (χ3n) is 6.72. The number of amides is 1. The number of hydrogen-bond donors (Lipinski definition) is 1. The zero-order valence-corrected chi connectivity index (χ0v) is 24.7. The van der Waals surface area contributed by atoms with Crippen LogP contribution in [0, 0.1) is 0 Å². The van der Waals surface area contributed by atoms with E-state index in [9.17, 15) is 13.2 Å². The number of carbonyl (C=O) groups is 1. The van der Waals surface area contributed by atoms with Gasteiger partial charge in [-0.05, 0) is 60.2 Å². The van der Waals surface area contributed by atoms with Gasteiger partial charge < -0.3 is 19.4 Å². The van der Waals surface area contributed by atoms with Crippen molar-refractivity contribution in [3.05, 3.63) is 86.5 Å². The number of nitrogens with one attached hydrogen (secondary N) is 1. The molecule has 0 radical (unpaired) electrons. The first-order chi connectivity index (χ1) is 19.8. The van der Waals surface area contributed by atoms with Crippen LogP contribution in [0.1, 0.15) is 5.56 Å². The minimum Gasteiger partial charge on any atom is -0.482 e. The Morgan fingerprint density at radius 3 is 2.54 bits per heavy atom. The van der Waals surface area contributed by atoms with E-state index < -0.39 is 10.0 Å². The van der Waals surface area contributed by atoms with E-state index in [0.717, 1.165) is 16.8 Å². The fourth-order valence-corrected chi connectivity index (χ4v) is 7.41. The molecule has 0 saturated carbocycles. The van der Waals surface area contributed by atoms with Crippen molar-refractivity contribution < 1.29 is 22.7 Å².